The average Bonchev–Trinajstić information content (AvgIpc) is 2.48. The molecule has 0 saturated carbocycles. The van der Waals surface area contributed by atoms with Gasteiger partial charge in [-0.15, -0.1) is 0 Å². The maximum absolute atomic E-state index is 5.47. The van der Waals surface area contributed by atoms with Crippen molar-refractivity contribution in [1.29, 1.82) is 0 Å². The molecular formula is C17H21NO. The largest absolute Gasteiger partial charge is 0.494 e. The highest BCUT2D eigenvalue weighted by Crippen LogP contribution is 2.25. The minimum Gasteiger partial charge on any atom is -0.494 e. The van der Waals surface area contributed by atoms with Crippen LogP contribution in [0.1, 0.15) is 25.5 Å². The molecule has 0 aliphatic heterocycles. The first kappa shape index (κ1) is 13.6. The number of ether oxygens (including phenoxy) is 1. The Morgan fingerprint density at radius 3 is 2.42 bits per heavy atom. The van der Waals surface area contributed by atoms with Gasteiger partial charge in [0, 0.05) is 6.04 Å². The first-order valence-electron chi connectivity index (χ1n) is 6.75. The lowest BCUT2D eigenvalue weighted by Crippen LogP contribution is -2.12. The summed E-state index contributed by atoms with van der Waals surface area (Å²) in [6.07, 6.45) is 0. The molecule has 0 fully saturated rings. The van der Waals surface area contributed by atoms with Crippen LogP contribution in [0.5, 0.6) is 5.75 Å². The summed E-state index contributed by atoms with van der Waals surface area (Å²) in [5.41, 5.74) is 3.75. The Morgan fingerprint density at radius 2 is 1.79 bits per heavy atom. The Balaban J connectivity index is 2.26. The molecule has 0 aliphatic rings. The fourth-order valence-corrected chi connectivity index (χ4v) is 2.06. The fraction of sp³-hybridized carbons (Fsp3) is 0.294. The summed E-state index contributed by atoms with van der Waals surface area (Å²) in [6.45, 7) is 4.86. The molecule has 1 N–H and O–H groups in total. The molecule has 0 spiro atoms. The van der Waals surface area contributed by atoms with E-state index < -0.39 is 0 Å². The lowest BCUT2D eigenvalue weighted by molar-refractivity contribution is 0.340. The van der Waals surface area contributed by atoms with Gasteiger partial charge in [0.1, 0.15) is 5.75 Å². The van der Waals surface area contributed by atoms with E-state index in [0.717, 1.165) is 5.75 Å². The number of benzene rings is 2. The number of nitrogens with one attached hydrogen (secondary N) is 1. The van der Waals surface area contributed by atoms with Crippen molar-refractivity contribution in [3.8, 4) is 16.9 Å². The molecular weight excluding hydrogens is 234 g/mol. The third kappa shape index (κ3) is 3.36. The Labute approximate surface area is 115 Å². The molecule has 0 aromatic heterocycles. The third-order valence-corrected chi connectivity index (χ3v) is 3.32. The monoisotopic (exact) mass is 255 g/mol. The van der Waals surface area contributed by atoms with E-state index in [1.807, 2.05) is 26.1 Å². The summed E-state index contributed by atoms with van der Waals surface area (Å²) >= 11 is 0. The molecule has 0 saturated heterocycles. The van der Waals surface area contributed by atoms with E-state index in [1.54, 1.807) is 0 Å². The van der Waals surface area contributed by atoms with E-state index in [-0.39, 0.29) is 0 Å². The van der Waals surface area contributed by atoms with Crippen molar-refractivity contribution in [3.05, 3.63) is 54.1 Å². The average molecular weight is 255 g/mol. The third-order valence-electron chi connectivity index (χ3n) is 3.32. The molecule has 0 amide bonds. The van der Waals surface area contributed by atoms with Crippen LogP contribution in [0, 0.1) is 0 Å². The van der Waals surface area contributed by atoms with Crippen LogP contribution < -0.4 is 10.1 Å². The van der Waals surface area contributed by atoms with Crippen molar-refractivity contribution in [2.24, 2.45) is 0 Å². The van der Waals surface area contributed by atoms with E-state index in [0.29, 0.717) is 12.6 Å². The van der Waals surface area contributed by atoms with Gasteiger partial charge in [-0.3, -0.25) is 0 Å². The molecule has 2 nitrogen and oxygen atoms in total. The number of hydrogen-bond acceptors (Lipinski definition) is 2. The molecule has 2 rings (SSSR count). The topological polar surface area (TPSA) is 21.3 Å². The summed E-state index contributed by atoms with van der Waals surface area (Å²) < 4.78 is 5.47. The minimum absolute atomic E-state index is 0.364. The molecule has 2 aromatic carbocycles. The molecule has 1 unspecified atom stereocenters. The predicted octanol–water partition coefficient (Wildman–Crippen LogP) is 4.03. The summed E-state index contributed by atoms with van der Waals surface area (Å²) in [5, 5.41) is 3.27. The zero-order chi connectivity index (χ0) is 13.7. The second-order valence-electron chi connectivity index (χ2n) is 4.59. The smallest absolute Gasteiger partial charge is 0.119 e. The first-order chi connectivity index (χ1) is 9.24. The summed E-state index contributed by atoms with van der Waals surface area (Å²) in [6, 6.07) is 17.2. The van der Waals surface area contributed by atoms with Gasteiger partial charge >= 0.3 is 0 Å². The molecule has 100 valence electrons. The zero-order valence-corrected chi connectivity index (χ0v) is 11.8. The fourth-order valence-electron chi connectivity index (χ4n) is 2.06. The first-order valence-corrected chi connectivity index (χ1v) is 6.75. The Morgan fingerprint density at radius 1 is 1.05 bits per heavy atom. The number of rotatable bonds is 5. The van der Waals surface area contributed by atoms with Crippen LogP contribution >= 0.6 is 0 Å². The van der Waals surface area contributed by atoms with Crippen LogP contribution in [0.3, 0.4) is 0 Å². The Bertz CT molecular complexity index is 519. The molecule has 0 heterocycles. The highest BCUT2D eigenvalue weighted by atomic mass is 16.5. The van der Waals surface area contributed by atoms with Crippen LogP contribution in [0.25, 0.3) is 11.1 Å². The quantitative estimate of drug-likeness (QED) is 0.871. The van der Waals surface area contributed by atoms with E-state index in [2.05, 4.69) is 48.6 Å². The van der Waals surface area contributed by atoms with Crippen molar-refractivity contribution >= 4 is 0 Å². The van der Waals surface area contributed by atoms with Gasteiger partial charge in [0.15, 0.2) is 0 Å². The van der Waals surface area contributed by atoms with Crippen LogP contribution in [0.2, 0.25) is 0 Å². The molecule has 1 atom stereocenters. The molecule has 2 heteroatoms. The van der Waals surface area contributed by atoms with Crippen molar-refractivity contribution in [2.75, 3.05) is 13.7 Å². The summed E-state index contributed by atoms with van der Waals surface area (Å²) in [5.74, 6) is 0.922. The second kappa shape index (κ2) is 6.39. The van der Waals surface area contributed by atoms with Gasteiger partial charge in [-0.25, -0.2) is 0 Å². The lowest BCUT2D eigenvalue weighted by Gasteiger charge is -2.12. The number of hydrogen-bond donors (Lipinski definition) is 1. The van der Waals surface area contributed by atoms with Crippen molar-refractivity contribution in [3.63, 3.8) is 0 Å². The van der Waals surface area contributed by atoms with Gasteiger partial charge in [-0.2, -0.15) is 0 Å². The van der Waals surface area contributed by atoms with Crippen LogP contribution in [0.4, 0.5) is 0 Å². The highest BCUT2D eigenvalue weighted by Gasteiger charge is 2.04. The van der Waals surface area contributed by atoms with Gasteiger partial charge in [0.2, 0.25) is 0 Å². The maximum Gasteiger partial charge on any atom is 0.119 e. The van der Waals surface area contributed by atoms with Gasteiger partial charge in [-0.1, -0.05) is 30.3 Å². The van der Waals surface area contributed by atoms with Crippen molar-refractivity contribution in [1.82, 2.24) is 5.32 Å². The van der Waals surface area contributed by atoms with E-state index in [1.165, 1.54) is 16.7 Å². The standard InChI is InChI=1S/C17H21NO/c1-4-19-17-10-8-14(9-11-17)16-7-5-6-15(12-16)13(2)18-3/h5-13,18H,4H2,1-3H3. The lowest BCUT2D eigenvalue weighted by atomic mass is 10.0. The van der Waals surface area contributed by atoms with Crippen LogP contribution in [0.15, 0.2) is 48.5 Å². The Kier molecular flexibility index (Phi) is 4.58. The minimum atomic E-state index is 0.364. The SMILES string of the molecule is CCOc1ccc(-c2cccc(C(C)NC)c2)cc1. The second-order valence-corrected chi connectivity index (χ2v) is 4.59. The maximum atomic E-state index is 5.47. The normalized spacial score (nSPS) is 12.2. The van der Waals surface area contributed by atoms with E-state index >= 15 is 0 Å². The van der Waals surface area contributed by atoms with E-state index in [4.69, 9.17) is 4.74 Å². The highest BCUT2D eigenvalue weighted by molar-refractivity contribution is 5.65. The Hall–Kier alpha value is -1.80. The molecule has 0 bridgehead atoms. The van der Waals surface area contributed by atoms with Gasteiger partial charge in [0.05, 0.1) is 6.61 Å². The molecule has 19 heavy (non-hydrogen) atoms. The van der Waals surface area contributed by atoms with Gasteiger partial charge < -0.3 is 10.1 Å². The zero-order valence-electron chi connectivity index (χ0n) is 11.8. The summed E-state index contributed by atoms with van der Waals surface area (Å²) in [7, 11) is 1.98. The molecule has 0 aliphatic carbocycles. The van der Waals surface area contributed by atoms with Crippen molar-refractivity contribution in [2.45, 2.75) is 19.9 Å². The van der Waals surface area contributed by atoms with Gasteiger partial charge in [0.25, 0.3) is 0 Å². The summed E-state index contributed by atoms with van der Waals surface area (Å²) in [4.78, 5) is 0. The molecule has 0 radical (unpaired) electrons. The van der Waals surface area contributed by atoms with Crippen LogP contribution in [-0.2, 0) is 0 Å². The van der Waals surface area contributed by atoms with E-state index in [9.17, 15) is 0 Å². The van der Waals surface area contributed by atoms with Gasteiger partial charge in [-0.05, 0) is 55.8 Å². The molecule has 2 aromatic rings. The van der Waals surface area contributed by atoms with Crippen LogP contribution in [-0.4, -0.2) is 13.7 Å². The predicted molar refractivity (Wildman–Crippen MR) is 80.5 cm³/mol. The van der Waals surface area contributed by atoms with Crippen molar-refractivity contribution < 1.29 is 4.74 Å².